The van der Waals surface area contributed by atoms with Crippen LogP contribution in [0.2, 0.25) is 0 Å². The first kappa shape index (κ1) is 89.3. The second-order valence-electron chi connectivity index (χ2n) is 19.6. The molecule has 1 fully saturated rings. The summed E-state index contributed by atoms with van der Waals surface area (Å²) in [5.74, 6) is -1.07. The molecule has 2 rings (SSSR count). The lowest BCUT2D eigenvalue weighted by molar-refractivity contribution is -0.198. The highest BCUT2D eigenvalue weighted by Crippen LogP contribution is 2.29. The second-order valence-corrected chi connectivity index (χ2v) is 22.0. The maximum absolute atomic E-state index is 12.0. The average Bonchev–Trinajstić information content (AvgIpc) is 2.19. The second kappa shape index (κ2) is 74.8. The zero-order valence-corrected chi connectivity index (χ0v) is 58.2. The molecular weight excluding hydrogens is 1310 g/mol. The average molecular weight is 1430 g/mol. The molecule has 2 amide bonds. The molecule has 33 heteroatoms. The molecule has 0 N–H and O–H groups in total. The Morgan fingerprint density at radius 3 is 0.771 bits per heavy atom. The molecule has 560 valence electrons. The Kier molecular flexibility index (Phi) is 69.6. The van der Waals surface area contributed by atoms with Crippen LogP contribution < -0.4 is 0 Å². The zero-order chi connectivity index (χ0) is 68.3. The Balaban J connectivity index is 1.09. The van der Waals surface area contributed by atoms with E-state index < -0.39 is 17.8 Å². The lowest BCUT2D eigenvalue weighted by Gasteiger charge is -2.12. The lowest BCUT2D eigenvalue weighted by atomic mass is 10.2. The van der Waals surface area contributed by atoms with Crippen molar-refractivity contribution in [3.63, 3.8) is 0 Å². The Morgan fingerprint density at radius 1 is 0.312 bits per heavy atom. The predicted octanol–water partition coefficient (Wildman–Crippen LogP) is 2.57. The van der Waals surface area contributed by atoms with Gasteiger partial charge < -0.3 is 119 Å². The van der Waals surface area contributed by atoms with E-state index in [1.54, 1.807) is 6.20 Å². The van der Waals surface area contributed by atoms with Crippen LogP contribution in [-0.4, -0.2) is 356 Å². The van der Waals surface area contributed by atoms with Gasteiger partial charge in [0.05, 0.1) is 323 Å². The summed E-state index contributed by atoms with van der Waals surface area (Å²) in [7, 11) is 3.02. The minimum atomic E-state index is -0.706. The third-order valence-electron chi connectivity index (χ3n) is 12.0. The van der Waals surface area contributed by atoms with Gasteiger partial charge in [-0.05, 0) is 29.3 Å². The first-order valence-electron chi connectivity index (χ1n) is 33.2. The molecule has 1 aliphatic heterocycles. The summed E-state index contributed by atoms with van der Waals surface area (Å²) in [6.45, 7) is 21.7. The van der Waals surface area contributed by atoms with Crippen molar-refractivity contribution in [1.82, 2.24) is 10.0 Å². The fourth-order valence-corrected chi connectivity index (χ4v) is 9.04. The number of aromatic nitrogens is 1. The van der Waals surface area contributed by atoms with Gasteiger partial charge in [-0.3, -0.25) is 14.4 Å². The van der Waals surface area contributed by atoms with Crippen LogP contribution in [-0.2, 0) is 138 Å². The number of ether oxygens (including phenoxy) is 24. The molecule has 0 unspecified atom stereocenters. The van der Waals surface area contributed by atoms with Gasteiger partial charge in [0, 0.05) is 32.1 Å². The standard InChI is InChI=1S/C63H112N2O29S2/c66-59(58-95-96-60-5-1-2-9-64-60)4-3-10-70-12-14-72-16-18-74-20-22-76-24-26-78-28-30-80-32-34-82-36-38-84-40-42-86-44-46-88-48-50-90-52-54-92-56-57-93-55-53-91-51-49-89-47-45-87-43-41-85-39-37-83-35-33-81-31-29-79-27-25-77-23-21-75-19-17-73-15-13-71-11-8-63(69)94-65-61(67)6-7-62(65)68/h1-2,5,9H,3-4,6-8,10-58H2. The van der Waals surface area contributed by atoms with Crippen LogP contribution in [0.3, 0.4) is 0 Å². The molecule has 1 aromatic heterocycles. The number of amides is 2. The summed E-state index contributed by atoms with van der Waals surface area (Å²) < 4.78 is 132. The highest BCUT2D eigenvalue weighted by atomic mass is 33.1. The molecule has 1 aromatic rings. The summed E-state index contributed by atoms with van der Waals surface area (Å²) >= 11 is 0. The van der Waals surface area contributed by atoms with Gasteiger partial charge in [0.15, 0.2) is 0 Å². The number of imide groups is 1. The van der Waals surface area contributed by atoms with E-state index in [0.29, 0.717) is 328 Å². The van der Waals surface area contributed by atoms with Crippen molar-refractivity contribution in [1.29, 1.82) is 0 Å². The van der Waals surface area contributed by atoms with Gasteiger partial charge in [-0.25, -0.2) is 9.78 Å². The molecule has 96 heavy (non-hydrogen) atoms. The maximum Gasteiger partial charge on any atom is 0.335 e. The SMILES string of the molecule is O=C(CCCOCCOCCOCCOCCOCCOCCOCCOCCOCCOCCOCCOCCOCCOCCOCCOCCOCCOCCOCCOCCOCCOCCOCCOCCC(=O)ON1C(=O)CCC1=O)CSSc1ccccn1. The van der Waals surface area contributed by atoms with E-state index in [1.165, 1.54) is 21.6 Å². The molecule has 0 spiro atoms. The molecule has 2 heterocycles. The van der Waals surface area contributed by atoms with Crippen LogP contribution in [0.25, 0.3) is 0 Å². The number of pyridine rings is 1. The van der Waals surface area contributed by atoms with Crippen molar-refractivity contribution < 1.29 is 138 Å². The van der Waals surface area contributed by atoms with Crippen LogP contribution >= 0.6 is 21.6 Å². The molecule has 0 radical (unpaired) electrons. The zero-order valence-electron chi connectivity index (χ0n) is 56.5. The van der Waals surface area contributed by atoms with Crippen LogP contribution in [0.15, 0.2) is 29.4 Å². The van der Waals surface area contributed by atoms with Gasteiger partial charge in [0.1, 0.15) is 10.8 Å². The van der Waals surface area contributed by atoms with Crippen molar-refractivity contribution in [2.75, 3.05) is 323 Å². The molecule has 0 aromatic carbocycles. The summed E-state index contributed by atoms with van der Waals surface area (Å²) in [5, 5.41) is 1.42. The lowest BCUT2D eigenvalue weighted by Crippen LogP contribution is -2.32. The van der Waals surface area contributed by atoms with Crippen LogP contribution in [0.1, 0.15) is 32.1 Å². The monoisotopic (exact) mass is 1420 g/mol. The first-order chi connectivity index (χ1) is 47.6. The van der Waals surface area contributed by atoms with Crippen LogP contribution in [0.5, 0.6) is 0 Å². The molecule has 31 nitrogen and oxygen atoms in total. The van der Waals surface area contributed by atoms with Gasteiger partial charge in [0.25, 0.3) is 11.8 Å². The number of hydrogen-bond donors (Lipinski definition) is 0. The van der Waals surface area contributed by atoms with Gasteiger partial charge in [0.2, 0.25) is 0 Å². The van der Waals surface area contributed by atoms with Crippen molar-refractivity contribution >= 4 is 45.2 Å². The van der Waals surface area contributed by atoms with Gasteiger partial charge in [-0.15, -0.1) is 5.06 Å². The number of Topliss-reactive ketones (excluding diaryl/α,β-unsaturated/α-hetero) is 1. The highest BCUT2D eigenvalue weighted by Gasteiger charge is 2.32. The summed E-state index contributed by atoms with van der Waals surface area (Å²) in [5.41, 5.74) is 0. The van der Waals surface area contributed by atoms with Gasteiger partial charge in [-0.1, -0.05) is 16.9 Å². The van der Waals surface area contributed by atoms with Crippen molar-refractivity contribution in [3.05, 3.63) is 24.4 Å². The quantitative estimate of drug-likeness (QED) is 0.0514. The van der Waals surface area contributed by atoms with Crippen molar-refractivity contribution in [3.8, 4) is 0 Å². The number of ketones is 1. The summed E-state index contributed by atoms with van der Waals surface area (Å²) in [4.78, 5) is 55.6. The maximum atomic E-state index is 12.0. The number of hydrogen-bond acceptors (Lipinski definition) is 32. The Morgan fingerprint density at radius 2 is 0.542 bits per heavy atom. The summed E-state index contributed by atoms with van der Waals surface area (Å²) in [6, 6.07) is 5.73. The molecule has 1 saturated heterocycles. The third-order valence-corrected chi connectivity index (χ3v) is 14.1. The fraction of sp³-hybridized carbons (Fsp3) is 0.857. The van der Waals surface area contributed by atoms with Crippen molar-refractivity contribution in [2.45, 2.75) is 37.1 Å². The first-order valence-corrected chi connectivity index (χ1v) is 35.5. The van der Waals surface area contributed by atoms with Crippen molar-refractivity contribution in [2.24, 2.45) is 0 Å². The molecule has 0 aliphatic carbocycles. The molecule has 0 atom stereocenters. The minimum Gasteiger partial charge on any atom is -0.379 e. The number of hydroxylamine groups is 2. The number of carbonyl (C=O) groups excluding carboxylic acids is 4. The number of rotatable bonds is 81. The van der Waals surface area contributed by atoms with E-state index in [0.717, 1.165) is 5.03 Å². The van der Waals surface area contributed by atoms with Crippen LogP contribution in [0, 0.1) is 0 Å². The summed E-state index contributed by atoms with van der Waals surface area (Å²) in [6.07, 6.45) is 2.97. The molecule has 0 bridgehead atoms. The Labute approximate surface area is 575 Å². The normalized spacial score (nSPS) is 12.5. The van der Waals surface area contributed by atoms with E-state index >= 15 is 0 Å². The third kappa shape index (κ3) is 65.8. The topological polar surface area (TPSA) is 315 Å². The minimum absolute atomic E-state index is 0.0512. The number of carbonyl (C=O) groups is 4. The van der Waals surface area contributed by atoms with Gasteiger partial charge >= 0.3 is 5.97 Å². The molecule has 0 saturated carbocycles. The fourth-order valence-electron chi connectivity index (χ4n) is 7.12. The van der Waals surface area contributed by atoms with Gasteiger partial charge in [-0.2, -0.15) is 0 Å². The largest absolute Gasteiger partial charge is 0.379 e. The number of nitrogens with zero attached hydrogens (tertiary/aromatic N) is 2. The van der Waals surface area contributed by atoms with E-state index in [-0.39, 0.29) is 38.3 Å². The van der Waals surface area contributed by atoms with E-state index in [4.69, 9.17) is 119 Å². The van der Waals surface area contributed by atoms with E-state index in [1.807, 2.05) is 18.2 Å². The Hall–Kier alpha value is -2.83. The molecular formula is C63H112N2O29S2. The Bertz CT molecular complexity index is 1820. The van der Waals surface area contributed by atoms with E-state index in [9.17, 15) is 19.2 Å². The van der Waals surface area contributed by atoms with Crippen LogP contribution in [0.4, 0.5) is 0 Å². The van der Waals surface area contributed by atoms with E-state index in [2.05, 4.69) is 4.98 Å². The molecule has 1 aliphatic rings. The predicted molar refractivity (Wildman–Crippen MR) is 348 cm³/mol. The smallest absolute Gasteiger partial charge is 0.335 e. The highest BCUT2D eigenvalue weighted by molar-refractivity contribution is 8.76.